The molecule has 0 aromatic heterocycles. The minimum absolute atomic E-state index is 0.0221. The first-order valence-corrected chi connectivity index (χ1v) is 9.35. The van der Waals surface area contributed by atoms with Crippen molar-refractivity contribution in [2.24, 2.45) is 0 Å². The second-order valence-corrected chi connectivity index (χ2v) is 8.37. The van der Waals surface area contributed by atoms with Gasteiger partial charge in [0.2, 0.25) is 10.0 Å². The Balaban J connectivity index is 2.57. The Morgan fingerprint density at radius 1 is 1.48 bits per heavy atom. The SMILES string of the molecule is Cc1c(C(=O)O)cc(Cl)cc1S(=O)(=O)N1CCSCC1C. The van der Waals surface area contributed by atoms with Crippen molar-refractivity contribution in [3.05, 3.63) is 28.3 Å². The van der Waals surface area contributed by atoms with Crippen LogP contribution in [-0.2, 0) is 10.0 Å². The van der Waals surface area contributed by atoms with E-state index < -0.39 is 16.0 Å². The van der Waals surface area contributed by atoms with Crippen molar-refractivity contribution in [2.45, 2.75) is 24.8 Å². The van der Waals surface area contributed by atoms with Gasteiger partial charge >= 0.3 is 5.97 Å². The number of carboxylic acid groups (broad SMARTS) is 1. The molecule has 1 aromatic carbocycles. The summed E-state index contributed by atoms with van der Waals surface area (Å²) in [6, 6.07) is 2.47. The summed E-state index contributed by atoms with van der Waals surface area (Å²) in [7, 11) is -3.75. The van der Waals surface area contributed by atoms with Gasteiger partial charge in [-0.05, 0) is 31.5 Å². The maximum Gasteiger partial charge on any atom is 0.336 e. The normalized spacial score (nSPS) is 20.4. The summed E-state index contributed by atoms with van der Waals surface area (Å²) in [5.41, 5.74) is 0.137. The fraction of sp³-hybridized carbons (Fsp3) is 0.462. The first-order chi connectivity index (χ1) is 9.75. The van der Waals surface area contributed by atoms with Crippen LogP contribution in [0.5, 0.6) is 0 Å². The molecular formula is C13H16ClNO4S2. The van der Waals surface area contributed by atoms with E-state index in [0.717, 1.165) is 11.5 Å². The molecule has 1 aliphatic rings. The lowest BCUT2D eigenvalue weighted by Crippen LogP contribution is -2.44. The van der Waals surface area contributed by atoms with Crippen molar-refractivity contribution in [1.82, 2.24) is 4.31 Å². The minimum atomic E-state index is -3.75. The molecule has 0 amide bonds. The molecule has 1 heterocycles. The number of aromatic carboxylic acids is 1. The summed E-state index contributed by atoms with van der Waals surface area (Å²) in [4.78, 5) is 11.2. The van der Waals surface area contributed by atoms with Crippen LogP contribution in [0.2, 0.25) is 5.02 Å². The highest BCUT2D eigenvalue weighted by Crippen LogP contribution is 2.30. The van der Waals surface area contributed by atoms with Gasteiger partial charge in [0.15, 0.2) is 0 Å². The number of rotatable bonds is 3. The lowest BCUT2D eigenvalue weighted by molar-refractivity contribution is 0.0696. The van der Waals surface area contributed by atoms with E-state index in [-0.39, 0.29) is 27.1 Å². The largest absolute Gasteiger partial charge is 0.478 e. The van der Waals surface area contributed by atoms with Crippen LogP contribution in [-0.4, -0.2) is 47.9 Å². The van der Waals surface area contributed by atoms with Gasteiger partial charge in [-0.25, -0.2) is 13.2 Å². The molecule has 5 nitrogen and oxygen atoms in total. The Bertz CT molecular complexity index is 675. The molecule has 1 aromatic rings. The molecule has 1 atom stereocenters. The molecule has 0 bridgehead atoms. The van der Waals surface area contributed by atoms with Gasteiger partial charge < -0.3 is 5.11 Å². The van der Waals surface area contributed by atoms with E-state index in [1.165, 1.54) is 23.4 Å². The molecule has 1 aliphatic heterocycles. The van der Waals surface area contributed by atoms with Gasteiger partial charge in [-0.1, -0.05) is 11.6 Å². The average Bonchev–Trinajstić information content (AvgIpc) is 2.40. The molecule has 0 saturated carbocycles. The molecule has 2 rings (SSSR count). The van der Waals surface area contributed by atoms with Gasteiger partial charge in [0.25, 0.3) is 0 Å². The van der Waals surface area contributed by atoms with E-state index >= 15 is 0 Å². The number of carboxylic acids is 1. The fourth-order valence-electron chi connectivity index (χ4n) is 2.34. The molecule has 1 N–H and O–H groups in total. The monoisotopic (exact) mass is 349 g/mol. The maximum atomic E-state index is 12.8. The molecule has 0 radical (unpaired) electrons. The van der Waals surface area contributed by atoms with Gasteiger partial charge in [-0.15, -0.1) is 0 Å². The summed E-state index contributed by atoms with van der Waals surface area (Å²) in [5.74, 6) is 0.272. The average molecular weight is 350 g/mol. The number of halogens is 1. The van der Waals surface area contributed by atoms with Gasteiger partial charge in [0, 0.05) is 29.1 Å². The number of hydrogen-bond acceptors (Lipinski definition) is 4. The van der Waals surface area contributed by atoms with Crippen LogP contribution in [0.4, 0.5) is 0 Å². The second kappa shape index (κ2) is 6.16. The quantitative estimate of drug-likeness (QED) is 0.907. The van der Waals surface area contributed by atoms with E-state index in [4.69, 9.17) is 11.6 Å². The first-order valence-electron chi connectivity index (χ1n) is 6.38. The number of benzene rings is 1. The van der Waals surface area contributed by atoms with Crippen LogP contribution in [0.1, 0.15) is 22.8 Å². The van der Waals surface area contributed by atoms with Crippen molar-refractivity contribution in [1.29, 1.82) is 0 Å². The standard InChI is InChI=1S/C13H16ClNO4S2/c1-8-7-20-4-3-15(8)21(18,19)12-6-10(14)5-11(9(12)2)13(16)17/h5-6,8H,3-4,7H2,1-2H3,(H,16,17). The van der Waals surface area contributed by atoms with Gasteiger partial charge in [-0.2, -0.15) is 16.1 Å². The van der Waals surface area contributed by atoms with Crippen molar-refractivity contribution >= 4 is 39.4 Å². The van der Waals surface area contributed by atoms with Crippen LogP contribution in [0, 0.1) is 6.92 Å². The highest BCUT2D eigenvalue weighted by Gasteiger charge is 2.33. The summed E-state index contributed by atoms with van der Waals surface area (Å²) >= 11 is 7.60. The summed E-state index contributed by atoms with van der Waals surface area (Å²) in [6.07, 6.45) is 0. The lowest BCUT2D eigenvalue weighted by atomic mass is 10.1. The third kappa shape index (κ3) is 3.21. The number of sulfonamides is 1. The fourth-order valence-corrected chi connectivity index (χ4v) is 5.75. The Hall–Kier alpha value is -0.760. The zero-order valence-electron chi connectivity index (χ0n) is 11.7. The zero-order valence-corrected chi connectivity index (χ0v) is 14.1. The Morgan fingerprint density at radius 2 is 2.14 bits per heavy atom. The van der Waals surface area contributed by atoms with Crippen molar-refractivity contribution in [2.75, 3.05) is 18.1 Å². The maximum absolute atomic E-state index is 12.8. The summed E-state index contributed by atoms with van der Waals surface area (Å²) in [6.45, 7) is 3.76. The van der Waals surface area contributed by atoms with E-state index in [0.29, 0.717) is 6.54 Å². The molecule has 8 heteroatoms. The minimum Gasteiger partial charge on any atom is -0.478 e. The van der Waals surface area contributed by atoms with E-state index in [2.05, 4.69) is 0 Å². The Morgan fingerprint density at radius 3 is 2.71 bits per heavy atom. The second-order valence-electron chi connectivity index (χ2n) is 4.92. The highest BCUT2D eigenvalue weighted by atomic mass is 35.5. The lowest BCUT2D eigenvalue weighted by Gasteiger charge is -2.32. The smallest absolute Gasteiger partial charge is 0.336 e. The van der Waals surface area contributed by atoms with Gasteiger partial charge in [-0.3, -0.25) is 0 Å². The van der Waals surface area contributed by atoms with Gasteiger partial charge in [0.1, 0.15) is 0 Å². The molecular weight excluding hydrogens is 334 g/mol. The third-order valence-corrected chi connectivity index (χ3v) is 7.00. The zero-order chi connectivity index (χ0) is 15.8. The summed E-state index contributed by atoms with van der Waals surface area (Å²) < 4.78 is 27.0. The molecule has 1 fully saturated rings. The molecule has 0 spiro atoms. The number of thioether (sulfide) groups is 1. The molecule has 0 aliphatic carbocycles. The van der Waals surface area contributed by atoms with E-state index in [9.17, 15) is 18.3 Å². The molecule has 1 saturated heterocycles. The van der Waals surface area contributed by atoms with Crippen molar-refractivity contribution in [3.63, 3.8) is 0 Å². The number of nitrogens with zero attached hydrogens (tertiary/aromatic N) is 1. The van der Waals surface area contributed by atoms with E-state index in [1.54, 1.807) is 11.8 Å². The summed E-state index contributed by atoms with van der Waals surface area (Å²) in [5, 5.41) is 9.28. The Labute approximate surface area is 133 Å². The molecule has 1 unspecified atom stereocenters. The predicted molar refractivity (Wildman–Crippen MR) is 83.8 cm³/mol. The predicted octanol–water partition coefficient (Wildman–Crippen LogP) is 2.47. The third-order valence-electron chi connectivity index (χ3n) is 3.45. The number of hydrogen-bond donors (Lipinski definition) is 1. The number of carbonyl (C=O) groups is 1. The van der Waals surface area contributed by atoms with Gasteiger partial charge in [0.05, 0.1) is 10.5 Å². The highest BCUT2D eigenvalue weighted by molar-refractivity contribution is 7.99. The first kappa shape index (κ1) is 16.6. The van der Waals surface area contributed by atoms with Crippen LogP contribution in [0.25, 0.3) is 0 Å². The topological polar surface area (TPSA) is 74.7 Å². The van der Waals surface area contributed by atoms with Crippen molar-refractivity contribution in [3.8, 4) is 0 Å². The molecule has 116 valence electrons. The van der Waals surface area contributed by atoms with Crippen LogP contribution in [0.15, 0.2) is 17.0 Å². The van der Waals surface area contributed by atoms with Crippen molar-refractivity contribution < 1.29 is 18.3 Å². The van der Waals surface area contributed by atoms with E-state index in [1.807, 2.05) is 6.92 Å². The molecule has 21 heavy (non-hydrogen) atoms. The van der Waals surface area contributed by atoms with Crippen LogP contribution in [0.3, 0.4) is 0 Å². The van der Waals surface area contributed by atoms with Crippen LogP contribution >= 0.6 is 23.4 Å². The van der Waals surface area contributed by atoms with Crippen LogP contribution < -0.4 is 0 Å². The Kier molecular flexibility index (Phi) is 4.87.